The fourth-order valence-corrected chi connectivity index (χ4v) is 1.45. The molecule has 2 aromatic rings. The summed E-state index contributed by atoms with van der Waals surface area (Å²) in [4.78, 5) is 24.5. The molecule has 0 unspecified atom stereocenters. The average Bonchev–Trinajstić information content (AvgIpc) is 2.83. The predicted octanol–water partition coefficient (Wildman–Crippen LogP) is 0.278. The van der Waals surface area contributed by atoms with E-state index in [1.165, 1.54) is 29.2 Å². The van der Waals surface area contributed by atoms with Gasteiger partial charge >= 0.3 is 5.97 Å². The number of rotatable bonds is 6. The van der Waals surface area contributed by atoms with Crippen molar-refractivity contribution >= 4 is 17.5 Å². The van der Waals surface area contributed by atoms with E-state index in [1.807, 2.05) is 0 Å². The molecular formula is C10H10N6O4. The molecule has 0 saturated carbocycles. The Bertz CT molecular complexity index is 640. The molecule has 2 heterocycles. The number of aromatic nitrogens is 4. The molecule has 0 saturated heterocycles. The molecule has 20 heavy (non-hydrogen) atoms. The Labute approximate surface area is 112 Å². The van der Waals surface area contributed by atoms with Gasteiger partial charge in [0.25, 0.3) is 5.69 Å². The third-order valence-corrected chi connectivity index (χ3v) is 2.29. The van der Waals surface area contributed by atoms with Crippen LogP contribution in [0.15, 0.2) is 24.5 Å². The SMILES string of the molecule is O=C(O)Cn1cc(CNc2cc([N+](=O)[O-])ccn2)nn1. The molecule has 10 heteroatoms. The van der Waals surface area contributed by atoms with Gasteiger partial charge in [-0.3, -0.25) is 14.9 Å². The van der Waals surface area contributed by atoms with E-state index in [-0.39, 0.29) is 18.8 Å². The summed E-state index contributed by atoms with van der Waals surface area (Å²) in [6.07, 6.45) is 2.79. The number of nitrogens with zero attached hydrogens (tertiary/aromatic N) is 5. The number of pyridine rings is 1. The highest BCUT2D eigenvalue weighted by Crippen LogP contribution is 2.14. The summed E-state index contributed by atoms with van der Waals surface area (Å²) in [5, 5.41) is 29.4. The number of carbonyl (C=O) groups is 1. The maximum atomic E-state index is 10.6. The van der Waals surface area contributed by atoms with Crippen LogP contribution in [0.2, 0.25) is 0 Å². The van der Waals surface area contributed by atoms with Gasteiger partial charge in [-0.05, 0) is 0 Å². The largest absolute Gasteiger partial charge is 0.480 e. The maximum absolute atomic E-state index is 10.6. The van der Waals surface area contributed by atoms with Crippen LogP contribution in [0, 0.1) is 10.1 Å². The highest BCUT2D eigenvalue weighted by molar-refractivity contribution is 5.66. The minimum absolute atomic E-state index is 0.0722. The van der Waals surface area contributed by atoms with Gasteiger partial charge in [0.15, 0.2) is 0 Å². The number of hydrogen-bond donors (Lipinski definition) is 2. The molecule has 0 aromatic carbocycles. The van der Waals surface area contributed by atoms with Crippen molar-refractivity contribution in [3.8, 4) is 0 Å². The highest BCUT2D eigenvalue weighted by Gasteiger charge is 2.08. The van der Waals surface area contributed by atoms with Crippen LogP contribution in [0.25, 0.3) is 0 Å². The Balaban J connectivity index is 1.98. The molecule has 10 nitrogen and oxygen atoms in total. The molecule has 0 bridgehead atoms. The molecule has 0 amide bonds. The van der Waals surface area contributed by atoms with Gasteiger partial charge in [0.1, 0.15) is 18.1 Å². The number of carboxylic acids is 1. The summed E-state index contributed by atoms with van der Waals surface area (Å²) >= 11 is 0. The first-order valence-electron chi connectivity index (χ1n) is 5.50. The van der Waals surface area contributed by atoms with Crippen LogP contribution in [0.1, 0.15) is 5.69 Å². The van der Waals surface area contributed by atoms with Gasteiger partial charge in [-0.15, -0.1) is 5.10 Å². The number of carboxylic acid groups (broad SMARTS) is 1. The van der Waals surface area contributed by atoms with E-state index in [2.05, 4.69) is 20.6 Å². The zero-order valence-electron chi connectivity index (χ0n) is 10.1. The Morgan fingerprint density at radius 2 is 2.35 bits per heavy atom. The van der Waals surface area contributed by atoms with Gasteiger partial charge in [-0.2, -0.15) is 0 Å². The van der Waals surface area contributed by atoms with Gasteiger partial charge in [0.2, 0.25) is 0 Å². The fourth-order valence-electron chi connectivity index (χ4n) is 1.45. The van der Waals surface area contributed by atoms with Gasteiger partial charge in [0.05, 0.1) is 23.7 Å². The normalized spacial score (nSPS) is 10.2. The van der Waals surface area contributed by atoms with E-state index in [9.17, 15) is 14.9 Å². The number of anilines is 1. The summed E-state index contributed by atoms with van der Waals surface area (Å²) < 4.78 is 1.18. The summed E-state index contributed by atoms with van der Waals surface area (Å²) in [5.74, 6) is -0.693. The lowest BCUT2D eigenvalue weighted by Gasteiger charge is -2.02. The minimum Gasteiger partial charge on any atom is -0.480 e. The Kier molecular flexibility index (Phi) is 3.84. The van der Waals surface area contributed by atoms with E-state index >= 15 is 0 Å². The van der Waals surface area contributed by atoms with Gasteiger partial charge in [-0.1, -0.05) is 5.21 Å². The van der Waals surface area contributed by atoms with Crippen LogP contribution >= 0.6 is 0 Å². The maximum Gasteiger partial charge on any atom is 0.325 e. The summed E-state index contributed by atoms with van der Waals surface area (Å²) in [6.45, 7) is -0.0458. The van der Waals surface area contributed by atoms with Crippen molar-refractivity contribution in [2.75, 3.05) is 5.32 Å². The number of aliphatic carboxylic acids is 1. The van der Waals surface area contributed by atoms with Crippen molar-refractivity contribution in [1.29, 1.82) is 0 Å². The van der Waals surface area contributed by atoms with Crippen LogP contribution in [0.4, 0.5) is 11.5 Å². The van der Waals surface area contributed by atoms with Crippen LogP contribution in [0.3, 0.4) is 0 Å². The third kappa shape index (κ3) is 3.48. The molecule has 2 aromatic heterocycles. The van der Waals surface area contributed by atoms with Gasteiger partial charge in [-0.25, -0.2) is 9.67 Å². The van der Waals surface area contributed by atoms with E-state index in [4.69, 9.17) is 5.11 Å². The molecule has 0 spiro atoms. The highest BCUT2D eigenvalue weighted by atomic mass is 16.6. The Hall–Kier alpha value is -3.04. The zero-order valence-corrected chi connectivity index (χ0v) is 10.1. The molecule has 0 atom stereocenters. The van der Waals surface area contributed by atoms with E-state index in [0.29, 0.717) is 11.5 Å². The van der Waals surface area contributed by atoms with Crippen molar-refractivity contribution in [2.24, 2.45) is 0 Å². The average molecular weight is 278 g/mol. The lowest BCUT2D eigenvalue weighted by molar-refractivity contribution is -0.384. The minimum atomic E-state index is -1.02. The predicted molar refractivity (Wildman–Crippen MR) is 65.9 cm³/mol. The molecule has 0 radical (unpaired) electrons. The number of nitro groups is 1. The van der Waals surface area contributed by atoms with Crippen LogP contribution < -0.4 is 5.32 Å². The molecule has 104 valence electrons. The Morgan fingerprint density at radius 1 is 1.55 bits per heavy atom. The molecule has 0 aliphatic heterocycles. The molecule has 2 rings (SSSR count). The summed E-state index contributed by atoms with van der Waals surface area (Å²) in [6, 6.07) is 2.58. The molecule has 2 N–H and O–H groups in total. The first-order chi connectivity index (χ1) is 9.54. The van der Waals surface area contributed by atoms with Gasteiger partial charge in [0, 0.05) is 12.3 Å². The lowest BCUT2D eigenvalue weighted by Crippen LogP contribution is -2.09. The van der Waals surface area contributed by atoms with Crippen molar-refractivity contribution in [2.45, 2.75) is 13.1 Å². The molecule has 0 aliphatic rings. The summed E-state index contributed by atoms with van der Waals surface area (Å²) in [5.41, 5.74) is 0.427. The molecule has 0 fully saturated rings. The molecular weight excluding hydrogens is 268 g/mol. The van der Waals surface area contributed by atoms with Crippen molar-refractivity contribution in [3.05, 3.63) is 40.3 Å². The van der Waals surface area contributed by atoms with Gasteiger partial charge < -0.3 is 10.4 Å². The fraction of sp³-hybridized carbons (Fsp3) is 0.200. The second-order valence-electron chi connectivity index (χ2n) is 3.81. The van der Waals surface area contributed by atoms with Crippen LogP contribution in [-0.4, -0.2) is 36.0 Å². The topological polar surface area (TPSA) is 136 Å². The number of nitrogens with one attached hydrogen (secondary N) is 1. The monoisotopic (exact) mass is 278 g/mol. The zero-order chi connectivity index (χ0) is 14.5. The quantitative estimate of drug-likeness (QED) is 0.567. The van der Waals surface area contributed by atoms with Crippen molar-refractivity contribution < 1.29 is 14.8 Å². The standard InChI is InChI=1S/C10H10N6O4/c17-10(18)6-15-5-7(13-14-15)4-12-9-3-8(16(19)20)1-2-11-9/h1-3,5H,4,6H2,(H,11,12)(H,17,18). The van der Waals surface area contributed by atoms with Crippen LogP contribution in [-0.2, 0) is 17.9 Å². The van der Waals surface area contributed by atoms with Crippen molar-refractivity contribution in [3.63, 3.8) is 0 Å². The second kappa shape index (κ2) is 5.73. The van der Waals surface area contributed by atoms with E-state index in [1.54, 1.807) is 0 Å². The van der Waals surface area contributed by atoms with Crippen LogP contribution in [0.5, 0.6) is 0 Å². The summed E-state index contributed by atoms with van der Waals surface area (Å²) in [7, 11) is 0. The molecule has 0 aliphatic carbocycles. The lowest BCUT2D eigenvalue weighted by atomic mass is 10.4. The smallest absolute Gasteiger partial charge is 0.325 e. The number of hydrogen-bond acceptors (Lipinski definition) is 7. The Morgan fingerprint density at radius 3 is 3.05 bits per heavy atom. The van der Waals surface area contributed by atoms with E-state index in [0.717, 1.165) is 0 Å². The first-order valence-corrected chi connectivity index (χ1v) is 5.50. The third-order valence-electron chi connectivity index (χ3n) is 2.29. The van der Waals surface area contributed by atoms with Crippen molar-refractivity contribution in [1.82, 2.24) is 20.0 Å². The van der Waals surface area contributed by atoms with E-state index < -0.39 is 10.9 Å². The second-order valence-corrected chi connectivity index (χ2v) is 3.81. The first kappa shape index (κ1) is 13.4.